The Hall–Kier alpha value is -2.46. The SMILES string of the molecule is CCOC(=O)[C@H]([C@H](O)c1nc(Br)cs1)N(Cc1ccc(OC)cc1)Cc1ccc(OC)cc1. The Morgan fingerprint density at radius 2 is 1.55 bits per heavy atom. The van der Waals surface area contributed by atoms with Gasteiger partial charge in [-0.3, -0.25) is 9.69 Å². The van der Waals surface area contributed by atoms with Gasteiger partial charge in [0.1, 0.15) is 33.3 Å². The van der Waals surface area contributed by atoms with Crippen molar-refractivity contribution in [2.75, 3.05) is 20.8 Å². The van der Waals surface area contributed by atoms with Crippen molar-refractivity contribution in [3.63, 3.8) is 0 Å². The first kappa shape index (κ1) is 25.2. The number of halogens is 1. The van der Waals surface area contributed by atoms with E-state index >= 15 is 0 Å². The highest BCUT2D eigenvalue weighted by molar-refractivity contribution is 9.10. The molecule has 33 heavy (non-hydrogen) atoms. The summed E-state index contributed by atoms with van der Waals surface area (Å²) in [6, 6.07) is 14.3. The molecule has 0 bridgehead atoms. The highest BCUT2D eigenvalue weighted by Crippen LogP contribution is 2.29. The number of rotatable bonds is 11. The summed E-state index contributed by atoms with van der Waals surface area (Å²) in [5.41, 5.74) is 1.93. The molecule has 0 radical (unpaired) electrons. The zero-order valence-corrected chi connectivity index (χ0v) is 21.1. The van der Waals surface area contributed by atoms with Crippen molar-refractivity contribution in [1.82, 2.24) is 9.88 Å². The Labute approximate surface area is 206 Å². The van der Waals surface area contributed by atoms with Crippen LogP contribution in [0.3, 0.4) is 0 Å². The molecule has 0 saturated heterocycles. The molecule has 3 rings (SSSR count). The monoisotopic (exact) mass is 534 g/mol. The van der Waals surface area contributed by atoms with E-state index in [0.717, 1.165) is 22.6 Å². The van der Waals surface area contributed by atoms with E-state index in [1.165, 1.54) is 11.3 Å². The number of benzene rings is 2. The summed E-state index contributed by atoms with van der Waals surface area (Å²) in [4.78, 5) is 19.3. The molecule has 7 nitrogen and oxygen atoms in total. The Bertz CT molecular complexity index is 977. The fourth-order valence-corrected chi connectivity index (χ4v) is 4.71. The maximum atomic E-state index is 13.1. The van der Waals surface area contributed by atoms with Gasteiger partial charge in [0.25, 0.3) is 0 Å². The molecule has 1 heterocycles. The van der Waals surface area contributed by atoms with Gasteiger partial charge in [0.15, 0.2) is 0 Å². The number of carbonyl (C=O) groups is 1. The molecule has 0 amide bonds. The fourth-order valence-electron chi connectivity index (χ4n) is 3.43. The van der Waals surface area contributed by atoms with Crippen molar-refractivity contribution in [2.24, 2.45) is 0 Å². The minimum Gasteiger partial charge on any atom is -0.497 e. The predicted molar refractivity (Wildman–Crippen MR) is 130 cm³/mol. The van der Waals surface area contributed by atoms with Gasteiger partial charge in [0.2, 0.25) is 0 Å². The van der Waals surface area contributed by atoms with Gasteiger partial charge in [-0.05, 0) is 58.2 Å². The van der Waals surface area contributed by atoms with Gasteiger partial charge in [0, 0.05) is 18.5 Å². The molecule has 0 aliphatic heterocycles. The Morgan fingerprint density at radius 1 is 1.03 bits per heavy atom. The smallest absolute Gasteiger partial charge is 0.326 e. The molecule has 2 atom stereocenters. The minimum absolute atomic E-state index is 0.211. The van der Waals surface area contributed by atoms with Gasteiger partial charge in [-0.1, -0.05) is 24.3 Å². The first-order valence-electron chi connectivity index (χ1n) is 10.4. The molecule has 2 aromatic carbocycles. The normalized spacial score (nSPS) is 12.9. The lowest BCUT2D eigenvalue weighted by atomic mass is 10.1. The van der Waals surface area contributed by atoms with Crippen molar-refractivity contribution < 1.29 is 24.1 Å². The van der Waals surface area contributed by atoms with Crippen molar-refractivity contribution in [3.8, 4) is 11.5 Å². The maximum absolute atomic E-state index is 13.1. The average Bonchev–Trinajstić information content (AvgIpc) is 3.26. The zero-order chi connectivity index (χ0) is 23.8. The van der Waals surface area contributed by atoms with Crippen LogP contribution >= 0.6 is 27.3 Å². The number of carbonyl (C=O) groups excluding carboxylic acids is 1. The number of aliphatic hydroxyl groups is 1. The molecular weight excluding hydrogens is 508 g/mol. The lowest BCUT2D eigenvalue weighted by molar-refractivity contribution is -0.155. The second-order valence-electron chi connectivity index (χ2n) is 7.25. The van der Waals surface area contributed by atoms with Crippen LogP contribution < -0.4 is 9.47 Å². The number of aliphatic hydroxyl groups excluding tert-OH is 1. The predicted octanol–water partition coefficient (Wildman–Crippen LogP) is 4.59. The van der Waals surface area contributed by atoms with E-state index in [1.54, 1.807) is 26.5 Å². The van der Waals surface area contributed by atoms with E-state index < -0.39 is 18.1 Å². The van der Waals surface area contributed by atoms with Crippen LogP contribution in [0.4, 0.5) is 0 Å². The summed E-state index contributed by atoms with van der Waals surface area (Å²) >= 11 is 4.61. The molecule has 176 valence electrons. The molecule has 3 aromatic rings. The number of nitrogens with zero attached hydrogens (tertiary/aromatic N) is 2. The molecule has 0 unspecified atom stereocenters. The molecule has 1 N–H and O–H groups in total. The zero-order valence-electron chi connectivity index (χ0n) is 18.7. The number of hydrogen-bond donors (Lipinski definition) is 1. The van der Waals surface area contributed by atoms with E-state index in [9.17, 15) is 9.90 Å². The van der Waals surface area contributed by atoms with Crippen LogP contribution in [-0.4, -0.2) is 47.8 Å². The lowest BCUT2D eigenvalue weighted by Gasteiger charge is -2.32. The number of aromatic nitrogens is 1. The molecule has 0 aliphatic rings. The van der Waals surface area contributed by atoms with E-state index in [0.29, 0.717) is 22.7 Å². The van der Waals surface area contributed by atoms with Crippen LogP contribution in [0.25, 0.3) is 0 Å². The summed E-state index contributed by atoms with van der Waals surface area (Å²) < 4.78 is 16.5. The first-order valence-corrected chi connectivity index (χ1v) is 12.1. The first-order chi connectivity index (χ1) is 15.9. The van der Waals surface area contributed by atoms with E-state index in [2.05, 4.69) is 20.9 Å². The topological polar surface area (TPSA) is 81.1 Å². The minimum atomic E-state index is -1.16. The van der Waals surface area contributed by atoms with Crippen molar-refractivity contribution in [1.29, 1.82) is 0 Å². The van der Waals surface area contributed by atoms with Crippen LogP contribution in [0.1, 0.15) is 29.2 Å². The summed E-state index contributed by atoms with van der Waals surface area (Å²) in [6.07, 6.45) is -1.16. The van der Waals surface area contributed by atoms with Crippen LogP contribution in [0.15, 0.2) is 58.5 Å². The van der Waals surface area contributed by atoms with Gasteiger partial charge >= 0.3 is 5.97 Å². The van der Waals surface area contributed by atoms with Gasteiger partial charge in [-0.15, -0.1) is 11.3 Å². The molecule has 0 aliphatic carbocycles. The largest absolute Gasteiger partial charge is 0.497 e. The Morgan fingerprint density at radius 3 is 1.94 bits per heavy atom. The quantitative estimate of drug-likeness (QED) is 0.360. The van der Waals surface area contributed by atoms with Gasteiger partial charge in [0.05, 0.1) is 20.8 Å². The fraction of sp³-hybridized carbons (Fsp3) is 0.333. The van der Waals surface area contributed by atoms with E-state index in [-0.39, 0.29) is 6.61 Å². The number of methoxy groups -OCH3 is 2. The molecule has 1 aromatic heterocycles. The van der Waals surface area contributed by atoms with Crippen molar-refractivity contribution in [2.45, 2.75) is 32.2 Å². The number of thiazole rings is 1. The third-order valence-electron chi connectivity index (χ3n) is 5.06. The number of hydrogen-bond acceptors (Lipinski definition) is 8. The maximum Gasteiger partial charge on any atom is 0.326 e. The summed E-state index contributed by atoms with van der Waals surface area (Å²) in [5.74, 6) is 0.989. The van der Waals surface area contributed by atoms with Gasteiger partial charge in [-0.25, -0.2) is 4.98 Å². The summed E-state index contributed by atoms with van der Waals surface area (Å²) in [7, 11) is 3.23. The van der Waals surface area contributed by atoms with Crippen LogP contribution in [0.5, 0.6) is 11.5 Å². The number of esters is 1. The Balaban J connectivity index is 1.97. The second kappa shape index (κ2) is 12.1. The third-order valence-corrected chi connectivity index (χ3v) is 6.68. The van der Waals surface area contributed by atoms with Crippen LogP contribution in [0.2, 0.25) is 0 Å². The van der Waals surface area contributed by atoms with Crippen molar-refractivity contribution in [3.05, 3.63) is 74.6 Å². The number of ether oxygens (including phenoxy) is 3. The van der Waals surface area contributed by atoms with E-state index in [1.807, 2.05) is 53.4 Å². The molecule has 9 heteroatoms. The van der Waals surface area contributed by atoms with Gasteiger partial charge < -0.3 is 19.3 Å². The van der Waals surface area contributed by atoms with Gasteiger partial charge in [-0.2, -0.15) is 0 Å². The molecule has 0 saturated carbocycles. The van der Waals surface area contributed by atoms with E-state index in [4.69, 9.17) is 14.2 Å². The molecule has 0 spiro atoms. The standard InChI is InChI=1S/C24H27BrN2O5S/c1-4-32-24(29)21(22(28)23-26-20(25)15-33-23)27(13-16-5-9-18(30-2)10-6-16)14-17-7-11-19(31-3)12-8-17/h5-12,15,21-22,28H,4,13-14H2,1-3H3/t21-,22-/m0/s1. The summed E-state index contributed by atoms with van der Waals surface area (Å²) in [6.45, 7) is 2.77. The lowest BCUT2D eigenvalue weighted by Crippen LogP contribution is -2.45. The second-order valence-corrected chi connectivity index (χ2v) is 8.95. The van der Waals surface area contributed by atoms with Crippen molar-refractivity contribution >= 4 is 33.2 Å². The molecule has 0 fully saturated rings. The highest BCUT2D eigenvalue weighted by Gasteiger charge is 2.37. The van der Waals surface area contributed by atoms with Crippen LogP contribution in [-0.2, 0) is 22.6 Å². The highest BCUT2D eigenvalue weighted by atomic mass is 79.9. The third kappa shape index (κ3) is 6.77. The average molecular weight is 535 g/mol. The van der Waals surface area contributed by atoms with Crippen LogP contribution in [0, 0.1) is 0 Å². The summed E-state index contributed by atoms with van der Waals surface area (Å²) in [5, 5.41) is 13.4. The molecular formula is C24H27BrN2O5S. The Kier molecular flexibility index (Phi) is 9.25.